The molecule has 0 amide bonds. The standard InChI is InChI=1S/C21H21ClN4O3/c1-3-25(4-2)13-20-23-12-19(24-20)15-10-9-14(26(28)29)11-17(15)21(27)16-7-5-6-8-18(16)22/h5-12H,3-4,13H2,1-2H3,(H,23,24). The van der Waals surface area contributed by atoms with E-state index >= 15 is 0 Å². The molecule has 0 saturated carbocycles. The number of carbonyl (C=O) groups is 1. The molecule has 0 radical (unpaired) electrons. The van der Waals surface area contributed by atoms with Gasteiger partial charge in [-0.05, 0) is 31.3 Å². The average Bonchev–Trinajstić information content (AvgIpc) is 3.19. The van der Waals surface area contributed by atoms with Crippen LogP contribution in [0.3, 0.4) is 0 Å². The lowest BCUT2D eigenvalue weighted by molar-refractivity contribution is -0.384. The Morgan fingerprint density at radius 1 is 1.17 bits per heavy atom. The molecule has 3 aromatic rings. The van der Waals surface area contributed by atoms with Gasteiger partial charge in [0.1, 0.15) is 5.82 Å². The van der Waals surface area contributed by atoms with Crippen molar-refractivity contribution in [1.82, 2.24) is 14.9 Å². The Bertz CT molecular complexity index is 1040. The Hall–Kier alpha value is -3.03. The summed E-state index contributed by atoms with van der Waals surface area (Å²) in [6, 6.07) is 10.9. The molecule has 0 aliphatic rings. The van der Waals surface area contributed by atoms with Crippen molar-refractivity contribution in [1.29, 1.82) is 0 Å². The lowest BCUT2D eigenvalue weighted by atomic mass is 9.96. The molecule has 3 rings (SSSR count). The Kier molecular flexibility index (Phi) is 6.41. The Labute approximate surface area is 173 Å². The molecule has 1 heterocycles. The minimum absolute atomic E-state index is 0.160. The maximum atomic E-state index is 13.2. The molecule has 150 valence electrons. The lowest BCUT2D eigenvalue weighted by Crippen LogP contribution is -2.22. The molecule has 0 aliphatic heterocycles. The number of nitrogens with one attached hydrogen (secondary N) is 1. The third kappa shape index (κ3) is 4.52. The molecule has 0 fully saturated rings. The Balaban J connectivity index is 2.06. The van der Waals surface area contributed by atoms with Crippen LogP contribution >= 0.6 is 11.6 Å². The zero-order chi connectivity index (χ0) is 21.0. The van der Waals surface area contributed by atoms with Gasteiger partial charge in [-0.3, -0.25) is 19.8 Å². The molecule has 0 unspecified atom stereocenters. The van der Waals surface area contributed by atoms with Crippen LogP contribution in [0.15, 0.2) is 48.7 Å². The molecule has 0 atom stereocenters. The van der Waals surface area contributed by atoms with Crippen LogP contribution in [-0.4, -0.2) is 38.7 Å². The van der Waals surface area contributed by atoms with Gasteiger partial charge >= 0.3 is 0 Å². The van der Waals surface area contributed by atoms with E-state index in [0.717, 1.165) is 18.9 Å². The van der Waals surface area contributed by atoms with Gasteiger partial charge in [-0.15, -0.1) is 0 Å². The number of benzene rings is 2. The van der Waals surface area contributed by atoms with Crippen molar-refractivity contribution in [3.63, 3.8) is 0 Å². The third-order valence-electron chi connectivity index (χ3n) is 4.76. The SMILES string of the molecule is CCN(CC)Cc1ncc(-c2ccc([N+](=O)[O-])cc2C(=O)c2ccccc2Cl)[nH]1. The second-order valence-corrected chi connectivity index (χ2v) is 6.91. The fourth-order valence-corrected chi connectivity index (χ4v) is 3.32. The second kappa shape index (κ2) is 8.98. The van der Waals surface area contributed by atoms with Crippen molar-refractivity contribution in [2.45, 2.75) is 20.4 Å². The number of nitro benzene ring substituents is 1. The zero-order valence-corrected chi connectivity index (χ0v) is 16.9. The molecular weight excluding hydrogens is 392 g/mol. The van der Waals surface area contributed by atoms with E-state index < -0.39 is 4.92 Å². The van der Waals surface area contributed by atoms with E-state index in [1.54, 1.807) is 36.5 Å². The first kappa shape index (κ1) is 20.7. The molecule has 1 aromatic heterocycles. The highest BCUT2D eigenvalue weighted by Gasteiger charge is 2.22. The summed E-state index contributed by atoms with van der Waals surface area (Å²) in [4.78, 5) is 33.7. The van der Waals surface area contributed by atoms with E-state index in [9.17, 15) is 14.9 Å². The number of hydrogen-bond donors (Lipinski definition) is 1. The number of H-pyrrole nitrogens is 1. The van der Waals surface area contributed by atoms with Gasteiger partial charge in [0.15, 0.2) is 5.78 Å². The summed E-state index contributed by atoms with van der Waals surface area (Å²) in [5.74, 6) is 0.382. The topological polar surface area (TPSA) is 92.1 Å². The highest BCUT2D eigenvalue weighted by Crippen LogP contribution is 2.30. The van der Waals surface area contributed by atoms with Gasteiger partial charge in [-0.1, -0.05) is 37.6 Å². The van der Waals surface area contributed by atoms with Crippen LogP contribution in [0.2, 0.25) is 5.02 Å². The quantitative estimate of drug-likeness (QED) is 0.328. The third-order valence-corrected chi connectivity index (χ3v) is 5.09. The number of nitrogens with zero attached hydrogens (tertiary/aromatic N) is 3. The average molecular weight is 413 g/mol. The predicted octanol–water partition coefficient (Wildman–Crippen LogP) is 4.71. The van der Waals surface area contributed by atoms with Gasteiger partial charge in [0, 0.05) is 28.8 Å². The number of imidazole rings is 1. The predicted molar refractivity (Wildman–Crippen MR) is 112 cm³/mol. The number of non-ortho nitro benzene ring substituents is 1. The van der Waals surface area contributed by atoms with Crippen molar-refractivity contribution >= 4 is 23.1 Å². The Morgan fingerprint density at radius 3 is 2.55 bits per heavy atom. The smallest absolute Gasteiger partial charge is 0.270 e. The molecule has 2 aromatic carbocycles. The number of ketones is 1. The van der Waals surface area contributed by atoms with E-state index in [-0.39, 0.29) is 17.0 Å². The van der Waals surface area contributed by atoms with Gasteiger partial charge in [-0.2, -0.15) is 0 Å². The lowest BCUT2D eigenvalue weighted by Gasteiger charge is -2.15. The Morgan fingerprint density at radius 2 is 1.90 bits per heavy atom. The maximum absolute atomic E-state index is 13.2. The van der Waals surface area contributed by atoms with Gasteiger partial charge in [0.2, 0.25) is 0 Å². The van der Waals surface area contributed by atoms with E-state index in [1.165, 1.54) is 12.1 Å². The van der Waals surface area contributed by atoms with Crippen LogP contribution in [0.25, 0.3) is 11.3 Å². The summed E-state index contributed by atoms with van der Waals surface area (Å²) in [6.07, 6.45) is 1.64. The van der Waals surface area contributed by atoms with Crippen LogP contribution in [0, 0.1) is 10.1 Å². The second-order valence-electron chi connectivity index (χ2n) is 6.50. The summed E-state index contributed by atoms with van der Waals surface area (Å²) in [5, 5.41) is 11.6. The van der Waals surface area contributed by atoms with E-state index in [2.05, 4.69) is 28.7 Å². The summed E-state index contributed by atoms with van der Waals surface area (Å²) in [7, 11) is 0. The number of aromatic nitrogens is 2. The first-order valence-electron chi connectivity index (χ1n) is 9.28. The molecule has 0 bridgehead atoms. The first-order valence-corrected chi connectivity index (χ1v) is 9.66. The number of halogens is 1. The highest BCUT2D eigenvalue weighted by molar-refractivity contribution is 6.35. The van der Waals surface area contributed by atoms with E-state index in [0.29, 0.717) is 28.4 Å². The number of aromatic amines is 1. The van der Waals surface area contributed by atoms with Gasteiger partial charge < -0.3 is 4.98 Å². The zero-order valence-electron chi connectivity index (χ0n) is 16.2. The number of carbonyl (C=O) groups excluding carboxylic acids is 1. The molecule has 1 N–H and O–H groups in total. The number of hydrogen-bond acceptors (Lipinski definition) is 5. The molecule has 8 heteroatoms. The van der Waals surface area contributed by atoms with Gasteiger partial charge in [0.25, 0.3) is 5.69 Å². The highest BCUT2D eigenvalue weighted by atomic mass is 35.5. The van der Waals surface area contributed by atoms with Crippen LogP contribution in [-0.2, 0) is 6.54 Å². The van der Waals surface area contributed by atoms with Crippen molar-refractivity contribution in [3.05, 3.63) is 80.7 Å². The van der Waals surface area contributed by atoms with Crippen molar-refractivity contribution < 1.29 is 9.72 Å². The van der Waals surface area contributed by atoms with Gasteiger partial charge in [0.05, 0.1) is 28.4 Å². The van der Waals surface area contributed by atoms with Crippen LogP contribution < -0.4 is 0 Å². The normalized spacial score (nSPS) is 11.0. The van der Waals surface area contributed by atoms with Crippen molar-refractivity contribution in [2.75, 3.05) is 13.1 Å². The minimum Gasteiger partial charge on any atom is -0.341 e. The van der Waals surface area contributed by atoms with Gasteiger partial charge in [-0.25, -0.2) is 4.98 Å². The monoisotopic (exact) mass is 412 g/mol. The first-order chi connectivity index (χ1) is 13.9. The number of rotatable bonds is 8. The fourth-order valence-electron chi connectivity index (χ4n) is 3.10. The minimum atomic E-state index is -0.522. The molecule has 29 heavy (non-hydrogen) atoms. The molecule has 0 aliphatic carbocycles. The van der Waals surface area contributed by atoms with Crippen LogP contribution in [0.1, 0.15) is 35.6 Å². The molecular formula is C21H21ClN4O3. The largest absolute Gasteiger partial charge is 0.341 e. The molecule has 0 spiro atoms. The summed E-state index contributed by atoms with van der Waals surface area (Å²) in [6.45, 7) is 6.57. The molecule has 0 saturated heterocycles. The summed E-state index contributed by atoms with van der Waals surface area (Å²) in [5.41, 5.74) is 1.49. The molecule has 7 nitrogen and oxygen atoms in total. The summed E-state index contributed by atoms with van der Waals surface area (Å²) >= 11 is 6.18. The summed E-state index contributed by atoms with van der Waals surface area (Å²) < 4.78 is 0. The van der Waals surface area contributed by atoms with Crippen molar-refractivity contribution in [3.8, 4) is 11.3 Å². The van der Waals surface area contributed by atoms with Crippen LogP contribution in [0.4, 0.5) is 5.69 Å². The van der Waals surface area contributed by atoms with E-state index in [4.69, 9.17) is 11.6 Å². The fraction of sp³-hybridized carbons (Fsp3) is 0.238. The van der Waals surface area contributed by atoms with E-state index in [1.807, 2.05) is 0 Å². The number of nitro groups is 1. The van der Waals surface area contributed by atoms with Crippen molar-refractivity contribution in [2.24, 2.45) is 0 Å². The van der Waals surface area contributed by atoms with Crippen LogP contribution in [0.5, 0.6) is 0 Å². The maximum Gasteiger partial charge on any atom is 0.270 e.